The molecule has 1 fully saturated rings. The first-order valence-corrected chi connectivity index (χ1v) is 7.15. The van der Waals surface area contributed by atoms with Crippen LogP contribution in [-0.4, -0.2) is 36.9 Å². The van der Waals surface area contributed by atoms with Crippen LogP contribution in [0.5, 0.6) is 0 Å². The maximum atomic E-state index is 12.3. The Morgan fingerprint density at radius 2 is 1.95 bits per heavy atom. The van der Waals surface area contributed by atoms with E-state index in [1.807, 2.05) is 0 Å². The number of ether oxygens (including phenoxy) is 2. The predicted octanol–water partition coefficient (Wildman–Crippen LogP) is 2.00. The second kappa shape index (κ2) is 6.72. The van der Waals surface area contributed by atoms with Gasteiger partial charge in [-0.25, -0.2) is 0 Å². The van der Waals surface area contributed by atoms with Crippen LogP contribution in [0.2, 0.25) is 0 Å². The average Bonchev–Trinajstić information content (AvgIpc) is 3.28. The average molecular weight is 292 g/mol. The zero-order valence-corrected chi connectivity index (χ0v) is 12.1. The van der Waals surface area contributed by atoms with Crippen molar-refractivity contribution in [3.05, 3.63) is 35.9 Å². The van der Waals surface area contributed by atoms with Gasteiger partial charge >= 0.3 is 11.9 Å². The monoisotopic (exact) mass is 292 g/mol. The van der Waals surface area contributed by atoms with Crippen molar-refractivity contribution >= 4 is 11.9 Å². The van der Waals surface area contributed by atoms with Gasteiger partial charge in [0.1, 0.15) is 0 Å². The molecule has 5 heteroatoms. The van der Waals surface area contributed by atoms with Crippen molar-refractivity contribution in [2.75, 3.05) is 19.8 Å². The fourth-order valence-electron chi connectivity index (χ4n) is 2.17. The molecule has 0 spiro atoms. The van der Waals surface area contributed by atoms with E-state index in [0.29, 0.717) is 18.1 Å². The van der Waals surface area contributed by atoms with E-state index in [-0.39, 0.29) is 13.2 Å². The molecule has 0 radical (unpaired) electrons. The lowest BCUT2D eigenvalue weighted by Crippen LogP contribution is -2.49. The maximum Gasteiger partial charge on any atom is 0.330 e. The van der Waals surface area contributed by atoms with Gasteiger partial charge in [0.05, 0.1) is 13.2 Å². The lowest BCUT2D eigenvalue weighted by atomic mass is 9.81. The second-order valence-corrected chi connectivity index (χ2v) is 5.26. The molecule has 0 amide bonds. The van der Waals surface area contributed by atoms with Crippen LogP contribution in [0, 0.1) is 5.92 Å². The van der Waals surface area contributed by atoms with Gasteiger partial charge in [-0.15, -0.1) is 0 Å². The van der Waals surface area contributed by atoms with Gasteiger partial charge in [-0.1, -0.05) is 30.3 Å². The van der Waals surface area contributed by atoms with Gasteiger partial charge in [0.15, 0.2) is 0 Å². The second-order valence-electron chi connectivity index (χ2n) is 5.26. The SMILES string of the molecule is CCOC(=O)C(COCC1CC1)(C(=O)O)c1ccccc1. The van der Waals surface area contributed by atoms with Crippen LogP contribution in [0.25, 0.3) is 0 Å². The van der Waals surface area contributed by atoms with Gasteiger partial charge < -0.3 is 14.6 Å². The van der Waals surface area contributed by atoms with Crippen molar-refractivity contribution in [3.8, 4) is 0 Å². The number of carbonyl (C=O) groups excluding carboxylic acids is 1. The molecular weight excluding hydrogens is 272 g/mol. The predicted molar refractivity (Wildman–Crippen MR) is 75.9 cm³/mol. The number of benzene rings is 1. The molecule has 0 aliphatic heterocycles. The molecule has 0 aromatic heterocycles. The summed E-state index contributed by atoms with van der Waals surface area (Å²) in [4.78, 5) is 24.2. The van der Waals surface area contributed by atoms with Crippen molar-refractivity contribution in [2.45, 2.75) is 25.2 Å². The van der Waals surface area contributed by atoms with Crippen LogP contribution in [0.4, 0.5) is 0 Å². The summed E-state index contributed by atoms with van der Waals surface area (Å²) in [6.07, 6.45) is 2.20. The minimum Gasteiger partial charge on any atom is -0.480 e. The number of esters is 1. The lowest BCUT2D eigenvalue weighted by molar-refractivity contribution is -0.165. The Balaban J connectivity index is 2.28. The van der Waals surface area contributed by atoms with Crippen molar-refractivity contribution in [1.82, 2.24) is 0 Å². The largest absolute Gasteiger partial charge is 0.480 e. The van der Waals surface area contributed by atoms with Gasteiger partial charge in [0, 0.05) is 6.61 Å². The smallest absolute Gasteiger partial charge is 0.330 e. The van der Waals surface area contributed by atoms with Crippen molar-refractivity contribution in [3.63, 3.8) is 0 Å². The molecule has 5 nitrogen and oxygen atoms in total. The number of rotatable bonds is 8. The van der Waals surface area contributed by atoms with Crippen LogP contribution in [0.1, 0.15) is 25.3 Å². The lowest BCUT2D eigenvalue weighted by Gasteiger charge is -2.27. The Kier molecular flexibility index (Phi) is 4.96. The van der Waals surface area contributed by atoms with Gasteiger partial charge in [0.2, 0.25) is 5.41 Å². The highest BCUT2D eigenvalue weighted by molar-refractivity contribution is 6.05. The molecule has 1 unspecified atom stereocenters. The Labute approximate surface area is 123 Å². The van der Waals surface area contributed by atoms with Gasteiger partial charge in [-0.05, 0) is 31.2 Å². The summed E-state index contributed by atoms with van der Waals surface area (Å²) in [5, 5.41) is 9.67. The Hall–Kier alpha value is -1.88. The molecule has 1 saturated carbocycles. The normalized spacial score (nSPS) is 17.0. The topological polar surface area (TPSA) is 72.8 Å². The van der Waals surface area contributed by atoms with Gasteiger partial charge in [0.25, 0.3) is 0 Å². The summed E-state index contributed by atoms with van der Waals surface area (Å²) < 4.78 is 10.5. The van der Waals surface area contributed by atoms with Crippen molar-refractivity contribution in [1.29, 1.82) is 0 Å². The molecule has 0 saturated heterocycles. The molecule has 114 valence electrons. The van der Waals surface area contributed by atoms with Crippen molar-refractivity contribution in [2.24, 2.45) is 5.92 Å². The number of aliphatic carboxylic acids is 1. The Morgan fingerprint density at radius 1 is 1.29 bits per heavy atom. The third kappa shape index (κ3) is 3.42. The number of carboxylic acid groups (broad SMARTS) is 1. The quantitative estimate of drug-likeness (QED) is 0.586. The fraction of sp³-hybridized carbons (Fsp3) is 0.500. The molecule has 21 heavy (non-hydrogen) atoms. The van der Waals surface area contributed by atoms with E-state index in [1.54, 1.807) is 37.3 Å². The van der Waals surface area contributed by atoms with E-state index in [1.165, 1.54) is 0 Å². The third-order valence-corrected chi connectivity index (χ3v) is 3.62. The molecule has 2 rings (SSSR count). The van der Waals surface area contributed by atoms with Crippen LogP contribution >= 0.6 is 0 Å². The first-order valence-electron chi connectivity index (χ1n) is 7.15. The van der Waals surface area contributed by atoms with E-state index in [2.05, 4.69) is 0 Å². The summed E-state index contributed by atoms with van der Waals surface area (Å²) in [6.45, 7) is 2.06. The van der Waals surface area contributed by atoms with Gasteiger partial charge in [-0.3, -0.25) is 9.59 Å². The molecule has 1 aliphatic rings. The van der Waals surface area contributed by atoms with Crippen molar-refractivity contribution < 1.29 is 24.2 Å². The third-order valence-electron chi connectivity index (χ3n) is 3.62. The van der Waals surface area contributed by atoms with Crippen LogP contribution in [0.3, 0.4) is 0 Å². The fourth-order valence-corrected chi connectivity index (χ4v) is 2.17. The van der Waals surface area contributed by atoms with E-state index >= 15 is 0 Å². The summed E-state index contributed by atoms with van der Waals surface area (Å²) in [5.41, 5.74) is -1.42. The van der Waals surface area contributed by atoms with Crippen LogP contribution in [0.15, 0.2) is 30.3 Å². The van der Waals surface area contributed by atoms with E-state index < -0.39 is 17.4 Å². The van der Waals surface area contributed by atoms with E-state index in [0.717, 1.165) is 12.8 Å². The molecular formula is C16H20O5. The minimum atomic E-state index is -1.80. The Morgan fingerprint density at radius 3 is 2.48 bits per heavy atom. The number of hydrogen-bond acceptors (Lipinski definition) is 4. The number of carboxylic acids is 1. The van der Waals surface area contributed by atoms with E-state index in [4.69, 9.17) is 9.47 Å². The molecule has 1 aromatic carbocycles. The standard InChI is InChI=1S/C16H20O5/c1-2-21-15(19)16(14(17)18,11-20-10-12-8-9-12)13-6-4-3-5-7-13/h3-7,12H,2,8-11H2,1H3,(H,17,18). The molecule has 1 N–H and O–H groups in total. The van der Waals surface area contributed by atoms with Crippen LogP contribution in [-0.2, 0) is 24.5 Å². The molecule has 0 heterocycles. The molecule has 1 atom stereocenters. The van der Waals surface area contributed by atoms with Crippen LogP contribution < -0.4 is 0 Å². The highest BCUT2D eigenvalue weighted by Gasteiger charge is 2.50. The van der Waals surface area contributed by atoms with E-state index in [9.17, 15) is 14.7 Å². The minimum absolute atomic E-state index is 0.128. The molecule has 1 aromatic rings. The highest BCUT2D eigenvalue weighted by Crippen LogP contribution is 2.31. The zero-order chi connectivity index (χ0) is 15.3. The maximum absolute atomic E-state index is 12.3. The van der Waals surface area contributed by atoms with Gasteiger partial charge in [-0.2, -0.15) is 0 Å². The first kappa shape index (κ1) is 15.5. The number of carbonyl (C=O) groups is 2. The number of hydrogen-bond donors (Lipinski definition) is 1. The first-order chi connectivity index (χ1) is 10.1. The molecule has 0 bridgehead atoms. The summed E-state index contributed by atoms with van der Waals surface area (Å²) in [7, 11) is 0. The molecule has 1 aliphatic carbocycles. The zero-order valence-electron chi connectivity index (χ0n) is 12.1. The Bertz CT molecular complexity index is 495. The summed E-state index contributed by atoms with van der Waals surface area (Å²) in [6, 6.07) is 8.41. The summed E-state index contributed by atoms with van der Waals surface area (Å²) in [5.74, 6) is -1.53. The summed E-state index contributed by atoms with van der Waals surface area (Å²) >= 11 is 0. The highest BCUT2D eigenvalue weighted by atomic mass is 16.5.